The zero-order valence-electron chi connectivity index (χ0n) is 17.0. The number of hydrogen-bond donors (Lipinski definition) is 0. The summed E-state index contributed by atoms with van der Waals surface area (Å²) in [4.78, 5) is 10.4. The Morgan fingerprint density at radius 1 is 1.20 bits per heavy atom. The molecule has 0 saturated carbocycles. The number of nitrogens with zero attached hydrogens (tertiary/aromatic N) is 6. The number of nitriles is 1. The van der Waals surface area contributed by atoms with Gasteiger partial charge in [-0.2, -0.15) is 10.3 Å². The van der Waals surface area contributed by atoms with Crippen LogP contribution in [0, 0.1) is 11.3 Å². The summed E-state index contributed by atoms with van der Waals surface area (Å²) in [7, 11) is 0. The fourth-order valence-electron chi connectivity index (χ4n) is 3.94. The van der Waals surface area contributed by atoms with Crippen molar-refractivity contribution in [1.82, 2.24) is 10.3 Å². The van der Waals surface area contributed by atoms with E-state index < -0.39 is 0 Å². The SMILES string of the molecule is N#Cc1cc2c(nc1SC/C([O-])=N\c1c[n+](N3CCCCC3)no1)CCCCCC2. The highest BCUT2D eigenvalue weighted by Crippen LogP contribution is 2.26. The largest absolute Gasteiger partial charge is 0.861 e. The lowest BCUT2D eigenvalue weighted by Crippen LogP contribution is -2.60. The predicted molar refractivity (Wildman–Crippen MR) is 111 cm³/mol. The predicted octanol–water partition coefficient (Wildman–Crippen LogP) is 2.19. The van der Waals surface area contributed by atoms with Crippen LogP contribution in [-0.2, 0) is 12.8 Å². The van der Waals surface area contributed by atoms with Crippen molar-refractivity contribution in [3.8, 4) is 6.07 Å². The molecule has 1 aliphatic carbocycles. The summed E-state index contributed by atoms with van der Waals surface area (Å²) < 4.78 is 5.19. The van der Waals surface area contributed by atoms with Crippen molar-refractivity contribution in [1.29, 1.82) is 5.26 Å². The highest BCUT2D eigenvalue weighted by Gasteiger charge is 2.22. The maximum absolute atomic E-state index is 12.4. The van der Waals surface area contributed by atoms with Crippen LogP contribution in [0.3, 0.4) is 0 Å². The standard InChI is InChI=1S/C21H26N6O2S/c22-13-17-12-16-8-4-1-2-5-9-18(16)23-21(17)30-15-19(28)24-20-14-27(25-29-20)26-10-6-3-7-11-26/h12,14H,1-11,15H2. The quantitative estimate of drug-likeness (QED) is 0.312. The van der Waals surface area contributed by atoms with Crippen LogP contribution in [-0.4, -0.2) is 35.0 Å². The van der Waals surface area contributed by atoms with E-state index in [0.29, 0.717) is 10.6 Å². The van der Waals surface area contributed by atoms with Gasteiger partial charge in [0, 0.05) is 11.4 Å². The molecule has 0 spiro atoms. The molecule has 0 unspecified atom stereocenters. The molecule has 4 rings (SSSR count). The van der Waals surface area contributed by atoms with Gasteiger partial charge in [-0.1, -0.05) is 24.6 Å². The van der Waals surface area contributed by atoms with Gasteiger partial charge in [0.05, 0.1) is 23.4 Å². The minimum atomic E-state index is -0.334. The topological polar surface area (TPSA) is 105 Å². The Bertz CT molecular complexity index is 945. The number of pyridine rings is 1. The van der Waals surface area contributed by atoms with Gasteiger partial charge in [0.15, 0.2) is 0 Å². The van der Waals surface area contributed by atoms with Crippen LogP contribution in [0.25, 0.3) is 0 Å². The number of aliphatic imine (C=N–C) groups is 1. The van der Waals surface area contributed by atoms with Crippen molar-refractivity contribution >= 4 is 23.5 Å². The van der Waals surface area contributed by atoms with E-state index in [4.69, 9.17) is 9.51 Å². The minimum absolute atomic E-state index is 0.102. The van der Waals surface area contributed by atoms with Crippen molar-refractivity contribution < 1.29 is 14.4 Å². The van der Waals surface area contributed by atoms with Crippen molar-refractivity contribution in [2.24, 2.45) is 4.99 Å². The second-order valence-corrected chi connectivity index (χ2v) is 8.71. The van der Waals surface area contributed by atoms with E-state index in [-0.39, 0.29) is 17.5 Å². The zero-order valence-corrected chi connectivity index (χ0v) is 17.9. The lowest BCUT2D eigenvalue weighted by atomic mass is 9.96. The molecular weight excluding hydrogens is 400 g/mol. The zero-order chi connectivity index (χ0) is 20.8. The van der Waals surface area contributed by atoms with Crippen molar-refractivity contribution in [2.75, 3.05) is 23.9 Å². The van der Waals surface area contributed by atoms with Gasteiger partial charge in [-0.25, -0.2) is 9.98 Å². The first-order chi connectivity index (χ1) is 14.7. The first-order valence-electron chi connectivity index (χ1n) is 10.7. The van der Waals surface area contributed by atoms with Gasteiger partial charge in [-0.3, -0.25) is 4.52 Å². The average Bonchev–Trinajstić information content (AvgIpc) is 3.22. The Balaban J connectivity index is 1.43. The van der Waals surface area contributed by atoms with Crippen molar-refractivity contribution in [3.05, 3.63) is 29.1 Å². The maximum atomic E-state index is 12.4. The molecule has 0 bridgehead atoms. The lowest BCUT2D eigenvalue weighted by Gasteiger charge is -2.17. The van der Waals surface area contributed by atoms with E-state index >= 15 is 0 Å². The first kappa shape index (κ1) is 20.7. The molecule has 9 heteroatoms. The van der Waals surface area contributed by atoms with E-state index in [0.717, 1.165) is 57.3 Å². The number of rotatable bonds is 5. The lowest BCUT2D eigenvalue weighted by molar-refractivity contribution is -0.759. The first-order valence-corrected chi connectivity index (χ1v) is 11.7. The molecule has 1 fully saturated rings. The van der Waals surface area contributed by atoms with Gasteiger partial charge in [0.25, 0.3) is 6.20 Å². The maximum Gasteiger partial charge on any atom is 0.324 e. The summed E-state index contributed by atoms with van der Waals surface area (Å²) in [6.45, 7) is 1.84. The number of aryl methyl sites for hydroxylation is 2. The van der Waals surface area contributed by atoms with Crippen LogP contribution < -0.4 is 14.9 Å². The molecule has 2 aromatic heterocycles. The third-order valence-electron chi connectivity index (χ3n) is 5.52. The summed E-state index contributed by atoms with van der Waals surface area (Å²) in [5.74, 6) is -0.0394. The molecule has 158 valence electrons. The molecule has 0 N–H and O–H groups in total. The van der Waals surface area contributed by atoms with Crippen molar-refractivity contribution in [3.63, 3.8) is 0 Å². The van der Waals surface area contributed by atoms with E-state index in [9.17, 15) is 10.4 Å². The normalized spacial score (nSPS) is 17.7. The van der Waals surface area contributed by atoms with E-state index in [1.807, 2.05) is 6.07 Å². The summed E-state index contributed by atoms with van der Waals surface area (Å²) >= 11 is 1.26. The Morgan fingerprint density at radius 2 is 1.97 bits per heavy atom. The van der Waals surface area contributed by atoms with Crippen LogP contribution in [0.4, 0.5) is 5.88 Å². The monoisotopic (exact) mass is 426 g/mol. The number of thioether (sulfide) groups is 1. The Kier molecular flexibility index (Phi) is 6.84. The van der Waals surface area contributed by atoms with Crippen molar-refractivity contribution in [2.45, 2.75) is 62.8 Å². The van der Waals surface area contributed by atoms with Gasteiger partial charge in [-0.05, 0) is 62.5 Å². The fourth-order valence-corrected chi connectivity index (χ4v) is 4.70. The molecule has 8 nitrogen and oxygen atoms in total. The van der Waals surface area contributed by atoms with E-state index in [1.165, 1.54) is 36.6 Å². The molecule has 2 aliphatic rings. The molecule has 3 heterocycles. The molecular formula is C21H26N6O2S. The molecule has 0 aromatic carbocycles. The smallest absolute Gasteiger partial charge is 0.324 e. The van der Waals surface area contributed by atoms with E-state index in [2.05, 4.69) is 21.3 Å². The third kappa shape index (κ3) is 5.11. The summed E-state index contributed by atoms with van der Waals surface area (Å²) in [5.41, 5.74) is 2.78. The molecule has 1 saturated heterocycles. The van der Waals surface area contributed by atoms with Crippen LogP contribution in [0.5, 0.6) is 0 Å². The molecule has 2 aromatic rings. The third-order valence-corrected chi connectivity index (χ3v) is 6.50. The second-order valence-electron chi connectivity index (χ2n) is 7.74. The van der Waals surface area contributed by atoms with Crippen LogP contribution in [0.2, 0.25) is 0 Å². The molecule has 1 aliphatic heterocycles. The fraction of sp³-hybridized carbons (Fsp3) is 0.571. The van der Waals surface area contributed by atoms with Gasteiger partial charge >= 0.3 is 5.88 Å². The highest BCUT2D eigenvalue weighted by atomic mass is 32.2. The second kappa shape index (κ2) is 9.94. The molecule has 0 atom stereocenters. The van der Waals surface area contributed by atoms with Crippen LogP contribution in [0.15, 0.2) is 26.8 Å². The summed E-state index contributed by atoms with van der Waals surface area (Å²) in [5, 5.41) is 28.5. The van der Waals surface area contributed by atoms with Gasteiger partial charge in [0.1, 0.15) is 11.1 Å². The van der Waals surface area contributed by atoms with Gasteiger partial charge in [-0.15, -0.1) is 0 Å². The number of piperidine rings is 1. The minimum Gasteiger partial charge on any atom is -0.861 e. The van der Waals surface area contributed by atoms with Gasteiger partial charge in [0.2, 0.25) is 5.27 Å². The van der Waals surface area contributed by atoms with Crippen LogP contribution in [0.1, 0.15) is 61.8 Å². The van der Waals surface area contributed by atoms with Crippen LogP contribution >= 0.6 is 11.8 Å². The average molecular weight is 427 g/mol. The molecule has 30 heavy (non-hydrogen) atoms. The number of fused-ring (bicyclic) bond motifs is 1. The van der Waals surface area contributed by atoms with E-state index in [1.54, 1.807) is 11.0 Å². The van der Waals surface area contributed by atoms with Gasteiger partial charge < -0.3 is 5.11 Å². The number of aromatic nitrogens is 3. The molecule has 0 radical (unpaired) electrons. The summed E-state index contributed by atoms with van der Waals surface area (Å²) in [6.07, 6.45) is 11.7. The Labute approximate surface area is 180 Å². The Morgan fingerprint density at radius 3 is 2.77 bits per heavy atom. The highest BCUT2D eigenvalue weighted by molar-refractivity contribution is 7.99. The number of hydrogen-bond acceptors (Lipinski definition) is 8. The summed E-state index contributed by atoms with van der Waals surface area (Å²) in [6, 6.07) is 4.19. The molecule has 0 amide bonds. The Hall–Kier alpha value is -2.60.